The van der Waals surface area contributed by atoms with Crippen LogP contribution >= 0.6 is 0 Å². The summed E-state index contributed by atoms with van der Waals surface area (Å²) in [5, 5.41) is 0. The van der Waals surface area contributed by atoms with Gasteiger partial charge in [-0.15, -0.1) is 0 Å². The molecule has 1 aromatic carbocycles. The maximum absolute atomic E-state index is 12.2. The maximum atomic E-state index is 12.2. The van der Waals surface area contributed by atoms with Gasteiger partial charge in [0.15, 0.2) is 6.61 Å². The Labute approximate surface area is 131 Å². The molecule has 1 saturated carbocycles. The molecule has 1 atom stereocenters. The second kappa shape index (κ2) is 7.01. The van der Waals surface area contributed by atoms with E-state index in [0.29, 0.717) is 12.3 Å². The highest BCUT2D eigenvalue weighted by Crippen LogP contribution is 2.30. The summed E-state index contributed by atoms with van der Waals surface area (Å²) in [6.07, 6.45) is 3.72. The number of likely N-dealkylation sites (tertiary alicyclic amines) is 1. The molecule has 0 aromatic heterocycles. The molecule has 1 aliphatic heterocycles. The average molecular weight is 305 g/mol. The van der Waals surface area contributed by atoms with Crippen molar-refractivity contribution in [3.8, 4) is 11.5 Å². The number of amides is 1. The summed E-state index contributed by atoms with van der Waals surface area (Å²) in [5.74, 6) is 2.24. The molecule has 1 amide bonds. The van der Waals surface area contributed by atoms with Gasteiger partial charge in [-0.2, -0.15) is 0 Å². The first kappa shape index (κ1) is 15.2. The van der Waals surface area contributed by atoms with Gasteiger partial charge in [0.2, 0.25) is 0 Å². The fourth-order valence-electron chi connectivity index (χ4n) is 2.56. The van der Waals surface area contributed by atoms with Crippen LogP contribution in [-0.2, 0) is 9.53 Å². The SMILES string of the molecule is COc1ccc(OCC(=O)N2CCC(OCC3CC3)C2)cc1. The second-order valence-electron chi connectivity index (χ2n) is 5.99. The third-order valence-electron chi connectivity index (χ3n) is 4.18. The van der Waals surface area contributed by atoms with Gasteiger partial charge in [-0.05, 0) is 49.4 Å². The van der Waals surface area contributed by atoms with Gasteiger partial charge < -0.3 is 19.1 Å². The normalized spacial score (nSPS) is 21.0. The highest BCUT2D eigenvalue weighted by molar-refractivity contribution is 5.78. The minimum Gasteiger partial charge on any atom is -0.497 e. The zero-order valence-corrected chi connectivity index (χ0v) is 13.0. The molecular formula is C17H23NO4. The molecule has 5 nitrogen and oxygen atoms in total. The van der Waals surface area contributed by atoms with E-state index in [1.165, 1.54) is 12.8 Å². The first-order valence-corrected chi connectivity index (χ1v) is 7.91. The Morgan fingerprint density at radius 2 is 1.91 bits per heavy atom. The highest BCUT2D eigenvalue weighted by atomic mass is 16.5. The van der Waals surface area contributed by atoms with Gasteiger partial charge in [-0.25, -0.2) is 0 Å². The number of nitrogens with zero attached hydrogens (tertiary/aromatic N) is 1. The molecule has 0 N–H and O–H groups in total. The van der Waals surface area contributed by atoms with Crippen LogP contribution in [0.2, 0.25) is 0 Å². The number of carbonyl (C=O) groups is 1. The third-order valence-corrected chi connectivity index (χ3v) is 4.18. The van der Waals surface area contributed by atoms with E-state index in [4.69, 9.17) is 14.2 Å². The fourth-order valence-corrected chi connectivity index (χ4v) is 2.56. The Hall–Kier alpha value is -1.75. The zero-order chi connectivity index (χ0) is 15.4. The van der Waals surface area contributed by atoms with Crippen molar-refractivity contribution in [2.24, 2.45) is 5.92 Å². The van der Waals surface area contributed by atoms with Crippen molar-refractivity contribution in [2.75, 3.05) is 33.4 Å². The molecule has 2 aliphatic rings. The summed E-state index contributed by atoms with van der Waals surface area (Å²) < 4.78 is 16.5. The van der Waals surface area contributed by atoms with Crippen molar-refractivity contribution >= 4 is 5.91 Å². The number of benzene rings is 1. The van der Waals surface area contributed by atoms with Gasteiger partial charge >= 0.3 is 0 Å². The number of hydrogen-bond acceptors (Lipinski definition) is 4. The summed E-state index contributed by atoms with van der Waals surface area (Å²) in [6, 6.07) is 7.24. The van der Waals surface area contributed by atoms with Gasteiger partial charge in [0, 0.05) is 19.7 Å². The molecule has 1 heterocycles. The lowest BCUT2D eigenvalue weighted by molar-refractivity contribution is -0.132. The Bertz CT molecular complexity index is 498. The van der Waals surface area contributed by atoms with Crippen LogP contribution in [0.15, 0.2) is 24.3 Å². The molecule has 120 valence electrons. The van der Waals surface area contributed by atoms with Gasteiger partial charge in [-0.1, -0.05) is 0 Å². The van der Waals surface area contributed by atoms with Crippen LogP contribution in [0.1, 0.15) is 19.3 Å². The molecule has 0 radical (unpaired) electrons. The summed E-state index contributed by atoms with van der Waals surface area (Å²) >= 11 is 0. The number of carbonyl (C=O) groups excluding carboxylic acids is 1. The molecular weight excluding hydrogens is 282 g/mol. The van der Waals surface area contributed by atoms with Crippen molar-refractivity contribution in [1.82, 2.24) is 4.90 Å². The lowest BCUT2D eigenvalue weighted by atomic mass is 10.3. The van der Waals surface area contributed by atoms with E-state index in [2.05, 4.69) is 0 Å². The predicted molar refractivity (Wildman–Crippen MR) is 82.2 cm³/mol. The Morgan fingerprint density at radius 1 is 1.18 bits per heavy atom. The van der Waals surface area contributed by atoms with Crippen LogP contribution in [-0.4, -0.2) is 50.3 Å². The molecule has 1 saturated heterocycles. The lowest BCUT2D eigenvalue weighted by Gasteiger charge is -2.17. The Balaban J connectivity index is 1.39. The van der Waals surface area contributed by atoms with Crippen molar-refractivity contribution in [3.05, 3.63) is 24.3 Å². The van der Waals surface area contributed by atoms with Crippen LogP contribution in [0, 0.1) is 5.92 Å². The minimum absolute atomic E-state index is 0.0216. The van der Waals surface area contributed by atoms with Crippen molar-refractivity contribution in [1.29, 1.82) is 0 Å². The van der Waals surface area contributed by atoms with E-state index in [1.807, 2.05) is 17.0 Å². The van der Waals surface area contributed by atoms with Crippen LogP contribution in [0.25, 0.3) is 0 Å². The Kier molecular flexibility index (Phi) is 4.83. The number of rotatable bonds is 7. The smallest absolute Gasteiger partial charge is 0.260 e. The molecule has 1 aromatic rings. The van der Waals surface area contributed by atoms with Crippen molar-refractivity contribution in [2.45, 2.75) is 25.4 Å². The molecule has 0 spiro atoms. The number of ether oxygens (including phenoxy) is 3. The zero-order valence-electron chi connectivity index (χ0n) is 13.0. The van der Waals surface area contributed by atoms with Gasteiger partial charge in [0.1, 0.15) is 11.5 Å². The summed E-state index contributed by atoms with van der Waals surface area (Å²) in [5.41, 5.74) is 0. The highest BCUT2D eigenvalue weighted by Gasteiger charge is 2.29. The summed E-state index contributed by atoms with van der Waals surface area (Å²) in [4.78, 5) is 14.0. The average Bonchev–Trinajstić information content (AvgIpc) is 3.27. The third kappa shape index (κ3) is 4.13. The predicted octanol–water partition coefficient (Wildman–Crippen LogP) is 2.10. The van der Waals surface area contributed by atoms with Gasteiger partial charge in [0.05, 0.1) is 13.2 Å². The van der Waals surface area contributed by atoms with Gasteiger partial charge in [0.25, 0.3) is 5.91 Å². The van der Waals surface area contributed by atoms with Crippen LogP contribution in [0.5, 0.6) is 11.5 Å². The van der Waals surface area contributed by atoms with E-state index in [0.717, 1.165) is 31.2 Å². The van der Waals surface area contributed by atoms with Crippen molar-refractivity contribution < 1.29 is 19.0 Å². The monoisotopic (exact) mass is 305 g/mol. The topological polar surface area (TPSA) is 48.0 Å². The standard InChI is InChI=1S/C17H23NO4/c1-20-14-4-6-15(7-5-14)22-12-17(19)18-9-8-16(10-18)21-11-13-2-3-13/h4-7,13,16H,2-3,8-12H2,1H3. The Morgan fingerprint density at radius 3 is 2.59 bits per heavy atom. The summed E-state index contributed by atoms with van der Waals surface area (Å²) in [6.45, 7) is 2.38. The minimum atomic E-state index is 0.0216. The van der Waals surface area contributed by atoms with E-state index in [1.54, 1.807) is 19.2 Å². The first-order valence-electron chi connectivity index (χ1n) is 7.91. The van der Waals surface area contributed by atoms with E-state index in [-0.39, 0.29) is 18.6 Å². The molecule has 2 fully saturated rings. The maximum Gasteiger partial charge on any atom is 0.260 e. The second-order valence-corrected chi connectivity index (χ2v) is 5.99. The van der Waals surface area contributed by atoms with E-state index >= 15 is 0 Å². The molecule has 22 heavy (non-hydrogen) atoms. The lowest BCUT2D eigenvalue weighted by Crippen LogP contribution is -2.34. The largest absolute Gasteiger partial charge is 0.497 e. The van der Waals surface area contributed by atoms with Crippen LogP contribution in [0.4, 0.5) is 0 Å². The van der Waals surface area contributed by atoms with E-state index < -0.39 is 0 Å². The molecule has 0 bridgehead atoms. The van der Waals surface area contributed by atoms with Crippen LogP contribution in [0.3, 0.4) is 0 Å². The molecule has 1 aliphatic carbocycles. The van der Waals surface area contributed by atoms with Gasteiger partial charge in [-0.3, -0.25) is 4.79 Å². The fraction of sp³-hybridized carbons (Fsp3) is 0.588. The molecule has 5 heteroatoms. The number of methoxy groups -OCH3 is 1. The summed E-state index contributed by atoms with van der Waals surface area (Å²) in [7, 11) is 1.62. The first-order chi connectivity index (χ1) is 10.7. The molecule has 3 rings (SSSR count). The van der Waals surface area contributed by atoms with E-state index in [9.17, 15) is 4.79 Å². The quantitative estimate of drug-likeness (QED) is 0.774. The molecule has 1 unspecified atom stereocenters. The number of hydrogen-bond donors (Lipinski definition) is 0. The van der Waals surface area contributed by atoms with Crippen LogP contribution < -0.4 is 9.47 Å². The van der Waals surface area contributed by atoms with Crippen molar-refractivity contribution in [3.63, 3.8) is 0 Å².